The summed E-state index contributed by atoms with van der Waals surface area (Å²) in [5, 5.41) is 7.56. The SMILES string of the molecule is C[C@H](C=O)Oc1nc(N2CCCCC2)c2cc(Cl)nc(Oc3c(Cl)c(F)cc4[nH]ncc34)c2n1. The summed E-state index contributed by atoms with van der Waals surface area (Å²) in [6.45, 7) is 3.16. The van der Waals surface area contributed by atoms with Crippen LogP contribution in [0.2, 0.25) is 10.2 Å². The molecule has 176 valence electrons. The molecule has 9 nitrogen and oxygen atoms in total. The lowest BCUT2D eigenvalue weighted by molar-refractivity contribution is -0.113. The number of nitrogens with one attached hydrogen (secondary N) is 1. The van der Waals surface area contributed by atoms with E-state index in [1.807, 2.05) is 0 Å². The minimum absolute atomic E-state index is 0.0123. The number of fused-ring (bicyclic) bond motifs is 2. The van der Waals surface area contributed by atoms with Crippen LogP contribution in [0.25, 0.3) is 21.8 Å². The third-order valence-electron chi connectivity index (χ3n) is 5.51. The van der Waals surface area contributed by atoms with E-state index in [9.17, 15) is 9.18 Å². The quantitative estimate of drug-likeness (QED) is 0.285. The molecule has 1 aliphatic heterocycles. The van der Waals surface area contributed by atoms with Crippen LogP contribution in [0.15, 0.2) is 18.3 Å². The minimum atomic E-state index is -0.764. The Kier molecular flexibility index (Phi) is 6.09. The summed E-state index contributed by atoms with van der Waals surface area (Å²) in [5.41, 5.74) is 0.681. The molecular formula is C22H19Cl2FN6O3. The summed E-state index contributed by atoms with van der Waals surface area (Å²) in [6.07, 6.45) is 4.49. The van der Waals surface area contributed by atoms with Crippen LogP contribution in [-0.4, -0.2) is 50.6 Å². The van der Waals surface area contributed by atoms with Gasteiger partial charge in [-0.3, -0.25) is 9.89 Å². The lowest BCUT2D eigenvalue weighted by Gasteiger charge is -2.29. The molecule has 1 atom stereocenters. The van der Waals surface area contributed by atoms with Crippen LogP contribution in [0.5, 0.6) is 17.6 Å². The Labute approximate surface area is 203 Å². The number of pyridine rings is 1. The molecule has 1 fully saturated rings. The van der Waals surface area contributed by atoms with Crippen molar-refractivity contribution in [2.45, 2.75) is 32.3 Å². The number of piperidine rings is 1. The molecule has 3 aromatic heterocycles. The van der Waals surface area contributed by atoms with Crippen molar-refractivity contribution >= 4 is 57.1 Å². The van der Waals surface area contributed by atoms with Crippen LogP contribution in [0.1, 0.15) is 26.2 Å². The second-order valence-electron chi connectivity index (χ2n) is 7.92. The first-order valence-corrected chi connectivity index (χ1v) is 11.4. The van der Waals surface area contributed by atoms with Crippen molar-refractivity contribution in [2.24, 2.45) is 0 Å². The number of aldehydes is 1. The minimum Gasteiger partial charge on any atom is -0.453 e. The fourth-order valence-electron chi connectivity index (χ4n) is 3.90. The molecular weight excluding hydrogens is 486 g/mol. The molecule has 1 saturated heterocycles. The Morgan fingerprint density at radius 3 is 2.71 bits per heavy atom. The van der Waals surface area contributed by atoms with Gasteiger partial charge in [-0.2, -0.15) is 20.1 Å². The molecule has 12 heteroatoms. The first-order chi connectivity index (χ1) is 16.4. The fraction of sp³-hybridized carbons (Fsp3) is 0.318. The van der Waals surface area contributed by atoms with Gasteiger partial charge in [0, 0.05) is 19.2 Å². The van der Waals surface area contributed by atoms with E-state index in [1.165, 1.54) is 12.3 Å². The second kappa shape index (κ2) is 9.19. The smallest absolute Gasteiger partial charge is 0.319 e. The van der Waals surface area contributed by atoms with Gasteiger partial charge in [0.15, 0.2) is 18.1 Å². The van der Waals surface area contributed by atoms with Gasteiger partial charge in [-0.25, -0.2) is 4.39 Å². The number of rotatable bonds is 6. The zero-order valence-electron chi connectivity index (χ0n) is 18.0. The molecule has 0 unspecified atom stereocenters. The average molecular weight is 505 g/mol. The molecule has 0 radical (unpaired) electrons. The average Bonchev–Trinajstić information content (AvgIpc) is 3.30. The zero-order valence-corrected chi connectivity index (χ0v) is 19.5. The third kappa shape index (κ3) is 4.19. The van der Waals surface area contributed by atoms with Crippen molar-refractivity contribution < 1.29 is 18.7 Å². The highest BCUT2D eigenvalue weighted by Crippen LogP contribution is 2.41. The Hall–Kier alpha value is -3.24. The number of aromatic nitrogens is 5. The van der Waals surface area contributed by atoms with Crippen molar-refractivity contribution in [3.8, 4) is 17.6 Å². The summed E-state index contributed by atoms with van der Waals surface area (Å²) in [5.74, 6) is -0.0944. The van der Waals surface area contributed by atoms with E-state index in [0.717, 1.165) is 32.4 Å². The van der Waals surface area contributed by atoms with Crippen molar-refractivity contribution in [3.05, 3.63) is 34.3 Å². The number of hydrogen-bond acceptors (Lipinski definition) is 8. The van der Waals surface area contributed by atoms with Crippen LogP contribution in [0.4, 0.5) is 10.2 Å². The lowest BCUT2D eigenvalue weighted by atomic mass is 10.1. The summed E-state index contributed by atoms with van der Waals surface area (Å²) in [7, 11) is 0. The number of ether oxygens (including phenoxy) is 2. The number of halogens is 3. The van der Waals surface area contributed by atoms with Gasteiger partial charge in [0.05, 0.1) is 22.5 Å². The largest absolute Gasteiger partial charge is 0.453 e. The van der Waals surface area contributed by atoms with Crippen molar-refractivity contribution in [1.29, 1.82) is 0 Å². The summed E-state index contributed by atoms with van der Waals surface area (Å²) >= 11 is 12.6. The van der Waals surface area contributed by atoms with Crippen molar-refractivity contribution in [3.63, 3.8) is 0 Å². The predicted molar refractivity (Wildman–Crippen MR) is 126 cm³/mol. The molecule has 0 spiro atoms. The number of nitrogens with zero attached hydrogens (tertiary/aromatic N) is 5. The monoisotopic (exact) mass is 504 g/mol. The number of H-pyrrole nitrogens is 1. The van der Waals surface area contributed by atoms with E-state index < -0.39 is 11.9 Å². The summed E-state index contributed by atoms with van der Waals surface area (Å²) < 4.78 is 26.1. The van der Waals surface area contributed by atoms with Gasteiger partial charge in [0.1, 0.15) is 27.3 Å². The maximum absolute atomic E-state index is 14.4. The molecule has 1 aromatic carbocycles. The number of anilines is 1. The van der Waals surface area contributed by atoms with Crippen molar-refractivity contribution in [2.75, 3.05) is 18.0 Å². The molecule has 5 rings (SSSR count). The highest BCUT2D eigenvalue weighted by atomic mass is 35.5. The number of carbonyl (C=O) groups is 1. The number of aromatic amines is 1. The molecule has 4 aromatic rings. The van der Waals surface area contributed by atoms with Crippen molar-refractivity contribution in [1.82, 2.24) is 25.1 Å². The van der Waals surface area contributed by atoms with Gasteiger partial charge in [0.25, 0.3) is 0 Å². The van der Waals surface area contributed by atoms with E-state index in [1.54, 1.807) is 13.0 Å². The molecule has 0 saturated carbocycles. The number of carbonyl (C=O) groups excluding carboxylic acids is 1. The first kappa shape index (κ1) is 22.5. The van der Waals surface area contributed by atoms with Gasteiger partial charge in [0.2, 0.25) is 5.88 Å². The van der Waals surface area contributed by atoms with Crippen LogP contribution in [0, 0.1) is 5.82 Å². The van der Waals surface area contributed by atoms with E-state index in [4.69, 9.17) is 32.7 Å². The van der Waals surface area contributed by atoms with Gasteiger partial charge in [-0.05, 0) is 32.3 Å². The number of benzene rings is 1. The Morgan fingerprint density at radius 1 is 1.15 bits per heavy atom. The lowest BCUT2D eigenvalue weighted by Crippen LogP contribution is -2.30. The second-order valence-corrected chi connectivity index (χ2v) is 8.68. The molecule has 0 amide bonds. The standard InChI is InChI=1S/C22H19Cl2FN6O3/c1-11(10-32)33-22-28-18-12(20(29-22)31-5-3-2-4-6-31)7-16(23)27-21(18)34-19-13-9-26-30-15(13)8-14(25)17(19)24/h7-11H,2-6H2,1H3,(H,26,30)/t11-/m1/s1. The van der Waals surface area contributed by atoms with E-state index in [2.05, 4.69) is 30.0 Å². The first-order valence-electron chi connectivity index (χ1n) is 10.7. The molecule has 0 aliphatic carbocycles. The molecule has 4 heterocycles. The molecule has 34 heavy (non-hydrogen) atoms. The summed E-state index contributed by atoms with van der Waals surface area (Å²) in [6, 6.07) is 2.85. The third-order valence-corrected chi connectivity index (χ3v) is 6.06. The van der Waals surface area contributed by atoms with E-state index in [0.29, 0.717) is 28.4 Å². The highest BCUT2D eigenvalue weighted by molar-refractivity contribution is 6.33. The van der Waals surface area contributed by atoms with Gasteiger partial charge < -0.3 is 14.4 Å². The van der Waals surface area contributed by atoms with E-state index >= 15 is 0 Å². The highest BCUT2D eigenvalue weighted by Gasteiger charge is 2.24. The van der Waals surface area contributed by atoms with Gasteiger partial charge in [-0.1, -0.05) is 23.2 Å². The number of hydrogen-bond donors (Lipinski definition) is 1. The summed E-state index contributed by atoms with van der Waals surface area (Å²) in [4.78, 5) is 26.6. The Morgan fingerprint density at radius 2 is 1.94 bits per heavy atom. The van der Waals surface area contributed by atoms with Gasteiger partial charge >= 0.3 is 6.01 Å². The van der Waals surface area contributed by atoms with Crippen LogP contribution < -0.4 is 14.4 Å². The molecule has 0 bridgehead atoms. The Bertz CT molecular complexity index is 1390. The van der Waals surface area contributed by atoms with Crippen LogP contribution >= 0.6 is 23.2 Å². The Balaban J connectivity index is 1.71. The maximum Gasteiger partial charge on any atom is 0.319 e. The molecule has 1 N–H and O–H groups in total. The normalized spacial score (nSPS) is 15.0. The van der Waals surface area contributed by atoms with Crippen LogP contribution in [-0.2, 0) is 4.79 Å². The zero-order chi connectivity index (χ0) is 23.8. The topological polar surface area (TPSA) is 106 Å². The van der Waals surface area contributed by atoms with Crippen LogP contribution in [0.3, 0.4) is 0 Å². The van der Waals surface area contributed by atoms with Gasteiger partial charge in [-0.15, -0.1) is 0 Å². The van der Waals surface area contributed by atoms with E-state index in [-0.39, 0.29) is 33.3 Å². The predicted octanol–water partition coefficient (Wildman–Crippen LogP) is 5.10. The fourth-order valence-corrected chi connectivity index (χ4v) is 4.28. The maximum atomic E-state index is 14.4. The molecule has 1 aliphatic rings.